The molecule has 0 aromatic carbocycles. The number of pyridine rings is 1. The molecule has 0 spiro atoms. The van der Waals surface area contributed by atoms with Crippen LogP contribution < -0.4 is 5.32 Å². The third-order valence-corrected chi connectivity index (χ3v) is 2.98. The highest BCUT2D eigenvalue weighted by Crippen LogP contribution is 2.30. The molecule has 2 aromatic heterocycles. The van der Waals surface area contributed by atoms with Gasteiger partial charge in [-0.25, -0.2) is 9.97 Å². The Bertz CT molecular complexity index is 491. The Hall–Kier alpha value is -2.01. The fourth-order valence-electron chi connectivity index (χ4n) is 2.15. The Balaban J connectivity index is 1.76. The summed E-state index contributed by atoms with van der Waals surface area (Å²) >= 11 is 0. The highest BCUT2D eigenvalue weighted by molar-refractivity contribution is 5.28. The van der Waals surface area contributed by atoms with Gasteiger partial charge >= 0.3 is 0 Å². The van der Waals surface area contributed by atoms with Crippen LogP contribution in [-0.4, -0.2) is 27.6 Å². The van der Waals surface area contributed by atoms with Gasteiger partial charge in [-0.3, -0.25) is 4.98 Å². The topological polar surface area (TPSA) is 59.9 Å². The van der Waals surface area contributed by atoms with Gasteiger partial charge in [-0.1, -0.05) is 6.07 Å². The molecule has 0 radical (unpaired) electrons. The summed E-state index contributed by atoms with van der Waals surface area (Å²) in [6.07, 6.45) is 8.02. The summed E-state index contributed by atoms with van der Waals surface area (Å²) in [6.45, 7) is 0.740. The van der Waals surface area contributed by atoms with Crippen LogP contribution in [-0.2, 0) is 4.74 Å². The number of rotatable bonds is 3. The monoisotopic (exact) mass is 242 g/mol. The maximum atomic E-state index is 5.77. The van der Waals surface area contributed by atoms with Crippen LogP contribution in [0.15, 0.2) is 43.0 Å². The van der Waals surface area contributed by atoms with Gasteiger partial charge in [-0.2, -0.15) is 0 Å². The van der Waals surface area contributed by atoms with Crippen LogP contribution in [0.3, 0.4) is 0 Å². The summed E-state index contributed by atoms with van der Waals surface area (Å²) in [6, 6.07) is 5.95. The third-order valence-electron chi connectivity index (χ3n) is 2.98. The molecule has 2 aromatic rings. The van der Waals surface area contributed by atoms with Crippen molar-refractivity contribution < 1.29 is 4.74 Å². The number of hydrogen-bond acceptors (Lipinski definition) is 5. The standard InChI is InChI=1S/C13H14N4O/c1-3-10(9-14-5-1)12-11(4-8-18-12)17-13-15-6-2-7-16-13/h1-3,5-7,9,11-12H,4,8H2,(H,15,16,17)/t11-,12+/m0/s1. The van der Waals surface area contributed by atoms with Crippen molar-refractivity contribution >= 4 is 5.95 Å². The first kappa shape index (κ1) is 11.1. The van der Waals surface area contributed by atoms with E-state index in [-0.39, 0.29) is 12.1 Å². The zero-order valence-electron chi connectivity index (χ0n) is 9.86. The first-order chi connectivity index (χ1) is 8.93. The fourth-order valence-corrected chi connectivity index (χ4v) is 2.15. The highest BCUT2D eigenvalue weighted by atomic mass is 16.5. The molecule has 1 aliphatic heterocycles. The minimum Gasteiger partial charge on any atom is -0.371 e. The van der Waals surface area contributed by atoms with Gasteiger partial charge in [0.1, 0.15) is 6.10 Å². The van der Waals surface area contributed by atoms with Gasteiger partial charge in [0.25, 0.3) is 0 Å². The summed E-state index contributed by atoms with van der Waals surface area (Å²) < 4.78 is 5.77. The van der Waals surface area contributed by atoms with Crippen molar-refractivity contribution in [3.8, 4) is 0 Å². The van der Waals surface area contributed by atoms with Crippen LogP contribution in [0.4, 0.5) is 5.95 Å². The maximum Gasteiger partial charge on any atom is 0.222 e. The van der Waals surface area contributed by atoms with Crippen molar-refractivity contribution in [2.24, 2.45) is 0 Å². The number of aromatic nitrogens is 3. The normalized spacial score (nSPS) is 22.9. The second kappa shape index (κ2) is 5.10. The average Bonchev–Trinajstić information content (AvgIpc) is 2.89. The maximum absolute atomic E-state index is 5.77. The number of anilines is 1. The Morgan fingerprint density at radius 2 is 2.06 bits per heavy atom. The van der Waals surface area contributed by atoms with E-state index in [9.17, 15) is 0 Å². The lowest BCUT2D eigenvalue weighted by Gasteiger charge is -2.19. The van der Waals surface area contributed by atoms with Crippen LogP contribution >= 0.6 is 0 Å². The summed E-state index contributed by atoms with van der Waals surface area (Å²) in [5.41, 5.74) is 1.09. The van der Waals surface area contributed by atoms with E-state index in [0.29, 0.717) is 5.95 Å². The minimum atomic E-state index is 0.0162. The van der Waals surface area contributed by atoms with E-state index in [1.807, 2.05) is 18.3 Å². The molecule has 3 rings (SSSR count). The van der Waals surface area contributed by atoms with Crippen molar-refractivity contribution in [1.29, 1.82) is 0 Å². The number of nitrogens with one attached hydrogen (secondary N) is 1. The van der Waals surface area contributed by atoms with Gasteiger partial charge in [-0.05, 0) is 18.6 Å². The van der Waals surface area contributed by atoms with Crippen molar-refractivity contribution in [3.63, 3.8) is 0 Å². The second-order valence-electron chi connectivity index (χ2n) is 4.19. The molecule has 1 fully saturated rings. The highest BCUT2D eigenvalue weighted by Gasteiger charge is 2.30. The molecule has 5 heteroatoms. The molecule has 0 aliphatic carbocycles. The van der Waals surface area contributed by atoms with Crippen molar-refractivity contribution in [2.75, 3.05) is 11.9 Å². The van der Waals surface area contributed by atoms with Gasteiger partial charge in [0.15, 0.2) is 0 Å². The van der Waals surface area contributed by atoms with Crippen LogP contribution in [0, 0.1) is 0 Å². The minimum absolute atomic E-state index is 0.0162. The largest absolute Gasteiger partial charge is 0.371 e. The van der Waals surface area contributed by atoms with E-state index in [4.69, 9.17) is 4.74 Å². The summed E-state index contributed by atoms with van der Waals surface area (Å²) in [4.78, 5) is 12.5. The summed E-state index contributed by atoms with van der Waals surface area (Å²) in [5, 5.41) is 3.31. The van der Waals surface area contributed by atoms with Gasteiger partial charge < -0.3 is 10.1 Å². The first-order valence-corrected chi connectivity index (χ1v) is 5.98. The smallest absolute Gasteiger partial charge is 0.222 e. The molecule has 3 heterocycles. The van der Waals surface area contributed by atoms with Gasteiger partial charge in [-0.15, -0.1) is 0 Å². The van der Waals surface area contributed by atoms with Crippen LogP contribution in [0.2, 0.25) is 0 Å². The molecule has 18 heavy (non-hydrogen) atoms. The van der Waals surface area contributed by atoms with E-state index in [1.165, 1.54) is 0 Å². The fraction of sp³-hybridized carbons (Fsp3) is 0.308. The molecule has 0 saturated carbocycles. The number of ether oxygens (including phenoxy) is 1. The van der Waals surface area contributed by atoms with Gasteiger partial charge in [0.2, 0.25) is 5.95 Å². The summed E-state index contributed by atoms with van der Waals surface area (Å²) in [7, 11) is 0. The molecule has 0 bridgehead atoms. The molecule has 2 atom stereocenters. The Morgan fingerprint density at radius 1 is 1.17 bits per heavy atom. The van der Waals surface area contributed by atoms with E-state index < -0.39 is 0 Å². The molecule has 1 saturated heterocycles. The number of nitrogens with zero attached hydrogens (tertiary/aromatic N) is 3. The van der Waals surface area contributed by atoms with E-state index >= 15 is 0 Å². The zero-order valence-corrected chi connectivity index (χ0v) is 9.86. The Kier molecular flexibility index (Phi) is 3.14. The van der Waals surface area contributed by atoms with Crippen molar-refractivity contribution in [3.05, 3.63) is 48.5 Å². The SMILES string of the molecule is c1cnc(N[C@H]2CCO[C@@H]2c2cccnc2)nc1. The molecule has 0 unspecified atom stereocenters. The molecule has 0 amide bonds. The lowest BCUT2D eigenvalue weighted by atomic mass is 10.0. The van der Waals surface area contributed by atoms with Crippen LogP contribution in [0.1, 0.15) is 18.1 Å². The lowest BCUT2D eigenvalue weighted by Crippen LogP contribution is -2.24. The summed E-state index contributed by atoms with van der Waals surface area (Å²) in [5.74, 6) is 0.641. The Morgan fingerprint density at radius 3 is 2.83 bits per heavy atom. The quantitative estimate of drug-likeness (QED) is 0.889. The van der Waals surface area contributed by atoms with Gasteiger partial charge in [0.05, 0.1) is 6.04 Å². The second-order valence-corrected chi connectivity index (χ2v) is 4.19. The van der Waals surface area contributed by atoms with Crippen molar-refractivity contribution in [1.82, 2.24) is 15.0 Å². The molecular weight excluding hydrogens is 228 g/mol. The molecular formula is C13H14N4O. The average molecular weight is 242 g/mol. The molecule has 1 aliphatic rings. The predicted molar refractivity (Wildman–Crippen MR) is 67.0 cm³/mol. The Labute approximate surface area is 105 Å². The van der Waals surface area contributed by atoms with E-state index in [2.05, 4.69) is 20.3 Å². The van der Waals surface area contributed by atoms with E-state index in [1.54, 1.807) is 24.7 Å². The first-order valence-electron chi connectivity index (χ1n) is 5.98. The molecule has 5 nitrogen and oxygen atoms in total. The van der Waals surface area contributed by atoms with Crippen LogP contribution in [0.5, 0.6) is 0 Å². The molecule has 92 valence electrons. The van der Waals surface area contributed by atoms with E-state index in [0.717, 1.165) is 18.6 Å². The van der Waals surface area contributed by atoms with Crippen LogP contribution in [0.25, 0.3) is 0 Å². The van der Waals surface area contributed by atoms with Gasteiger partial charge in [0, 0.05) is 37.0 Å². The predicted octanol–water partition coefficient (Wildman–Crippen LogP) is 1.81. The zero-order chi connectivity index (χ0) is 12.2. The van der Waals surface area contributed by atoms with Crippen molar-refractivity contribution in [2.45, 2.75) is 18.6 Å². The third kappa shape index (κ3) is 2.31. The number of hydrogen-bond donors (Lipinski definition) is 1. The molecule has 1 N–H and O–H groups in total. The lowest BCUT2D eigenvalue weighted by molar-refractivity contribution is 0.107.